The van der Waals surface area contributed by atoms with E-state index in [-0.39, 0.29) is 17.5 Å². The molecule has 0 saturated heterocycles. The first-order chi connectivity index (χ1) is 14.0. The second-order valence-corrected chi connectivity index (χ2v) is 8.84. The quantitative estimate of drug-likeness (QED) is 0.772. The largest absolute Gasteiger partial charge is 0.456 e. The normalized spacial score (nSPS) is 28.6. The Morgan fingerprint density at radius 2 is 1.93 bits per heavy atom. The molecule has 1 saturated carbocycles. The molecule has 0 amide bonds. The lowest BCUT2D eigenvalue weighted by atomic mass is 9.88. The van der Waals surface area contributed by atoms with Crippen molar-refractivity contribution in [2.45, 2.75) is 43.4 Å². The zero-order valence-electron chi connectivity index (χ0n) is 17.1. The number of nitrogens with zero attached hydrogens (tertiary/aromatic N) is 3. The van der Waals surface area contributed by atoms with Crippen molar-refractivity contribution in [3.05, 3.63) is 71.0 Å². The van der Waals surface area contributed by atoms with Gasteiger partial charge in [0.2, 0.25) is 0 Å². The van der Waals surface area contributed by atoms with E-state index >= 15 is 0 Å². The van der Waals surface area contributed by atoms with Crippen LogP contribution in [-0.4, -0.2) is 54.6 Å². The maximum Gasteiger partial charge on any atom is 0.288 e. The zero-order chi connectivity index (χ0) is 20.0. The van der Waals surface area contributed by atoms with Gasteiger partial charge in [-0.2, -0.15) is 0 Å². The molecule has 152 valence electrons. The Bertz CT molecular complexity index is 926. The summed E-state index contributed by atoms with van der Waals surface area (Å²) in [7, 11) is 4.29. The van der Waals surface area contributed by atoms with Crippen molar-refractivity contribution in [3.8, 4) is 0 Å². The van der Waals surface area contributed by atoms with Gasteiger partial charge in [0.05, 0.1) is 12.6 Å². The highest BCUT2D eigenvalue weighted by Gasteiger charge is 2.47. The van der Waals surface area contributed by atoms with Gasteiger partial charge >= 0.3 is 0 Å². The minimum absolute atomic E-state index is 0.000462. The molecule has 0 radical (unpaired) electrons. The average Bonchev–Trinajstić information content (AvgIpc) is 3.35. The molecule has 1 aliphatic carbocycles. The van der Waals surface area contributed by atoms with Crippen LogP contribution in [0.5, 0.6) is 0 Å². The molecule has 3 aliphatic rings. The maximum atomic E-state index is 13.6. The number of aliphatic imine (C=N–C) groups is 1. The van der Waals surface area contributed by atoms with E-state index in [1.54, 1.807) is 12.1 Å². The Kier molecular flexibility index (Phi) is 4.58. The molecule has 2 aliphatic heterocycles. The van der Waals surface area contributed by atoms with Crippen LogP contribution in [0.3, 0.4) is 0 Å². The van der Waals surface area contributed by atoms with E-state index < -0.39 is 0 Å². The smallest absolute Gasteiger partial charge is 0.288 e. The van der Waals surface area contributed by atoms with E-state index in [1.165, 1.54) is 11.1 Å². The molecule has 0 N–H and O–H groups in total. The van der Waals surface area contributed by atoms with Crippen LogP contribution in [0.15, 0.2) is 53.5 Å². The van der Waals surface area contributed by atoms with Gasteiger partial charge in [0.25, 0.3) is 6.02 Å². The van der Waals surface area contributed by atoms with Crippen molar-refractivity contribution < 1.29 is 9.13 Å². The number of rotatable bonds is 2. The maximum absolute atomic E-state index is 13.6. The molecular weight excluding hydrogens is 365 g/mol. The van der Waals surface area contributed by atoms with Gasteiger partial charge in [-0.15, -0.1) is 0 Å². The average molecular weight is 394 g/mol. The van der Waals surface area contributed by atoms with Crippen molar-refractivity contribution in [2.75, 3.05) is 27.2 Å². The molecule has 1 spiro atoms. The minimum atomic E-state index is -0.210. The van der Waals surface area contributed by atoms with E-state index in [4.69, 9.17) is 9.73 Å². The molecule has 3 atom stereocenters. The van der Waals surface area contributed by atoms with E-state index in [2.05, 4.69) is 48.2 Å². The lowest BCUT2D eigenvalue weighted by Gasteiger charge is -2.39. The van der Waals surface area contributed by atoms with Crippen molar-refractivity contribution in [1.82, 2.24) is 9.80 Å². The number of hydrogen-bond acceptors (Lipinski definition) is 4. The van der Waals surface area contributed by atoms with Crippen molar-refractivity contribution in [3.63, 3.8) is 0 Å². The third kappa shape index (κ3) is 3.31. The molecule has 1 fully saturated rings. The number of amidine groups is 1. The van der Waals surface area contributed by atoms with Crippen molar-refractivity contribution >= 4 is 6.02 Å². The molecular formula is C24H28FN3O. The van der Waals surface area contributed by atoms with Crippen LogP contribution < -0.4 is 0 Å². The van der Waals surface area contributed by atoms with Crippen LogP contribution >= 0.6 is 0 Å². The van der Waals surface area contributed by atoms with Crippen LogP contribution in [0.4, 0.5) is 4.39 Å². The summed E-state index contributed by atoms with van der Waals surface area (Å²) in [6.07, 6.45) is 4.19. The van der Waals surface area contributed by atoms with Gasteiger partial charge in [-0.3, -0.25) is 0 Å². The predicted molar refractivity (Wildman–Crippen MR) is 113 cm³/mol. The topological polar surface area (TPSA) is 28.1 Å². The van der Waals surface area contributed by atoms with Gasteiger partial charge in [0.1, 0.15) is 11.4 Å². The summed E-state index contributed by atoms with van der Waals surface area (Å²) < 4.78 is 20.2. The molecule has 4 nitrogen and oxygen atoms in total. The van der Waals surface area contributed by atoms with E-state index in [0.29, 0.717) is 6.04 Å². The van der Waals surface area contributed by atoms with Crippen molar-refractivity contribution in [2.24, 2.45) is 4.99 Å². The third-order valence-corrected chi connectivity index (χ3v) is 6.80. The third-order valence-electron chi connectivity index (χ3n) is 6.80. The zero-order valence-corrected chi connectivity index (χ0v) is 17.1. The molecule has 0 aromatic heterocycles. The lowest BCUT2D eigenvalue weighted by Crippen LogP contribution is -2.43. The van der Waals surface area contributed by atoms with E-state index in [1.807, 2.05) is 12.1 Å². The summed E-state index contributed by atoms with van der Waals surface area (Å²) >= 11 is 0. The highest BCUT2D eigenvalue weighted by Crippen LogP contribution is 2.42. The standard InChI is InChI=1S/C24H28FN3O/c1-27(2)20-11-13-24(15-20)16-26-23(29-24)28-14-12-17-5-3-4-6-21(17)22(28)18-7-9-19(25)10-8-18/h3-10,20,22H,11-16H2,1-2H3/t20-,22+,24-/m1/s1. The Morgan fingerprint density at radius 3 is 2.69 bits per heavy atom. The van der Waals surface area contributed by atoms with Gasteiger partial charge in [-0.1, -0.05) is 36.4 Å². The number of hydrogen-bond donors (Lipinski definition) is 0. The second kappa shape index (κ2) is 7.13. The summed E-state index contributed by atoms with van der Waals surface area (Å²) in [6, 6.07) is 16.7. The van der Waals surface area contributed by atoms with E-state index in [0.717, 1.165) is 50.4 Å². The molecule has 2 heterocycles. The minimum Gasteiger partial charge on any atom is -0.456 e. The molecule has 0 unspecified atom stereocenters. The van der Waals surface area contributed by atoms with Crippen LogP contribution in [0.1, 0.15) is 42.0 Å². The summed E-state index contributed by atoms with van der Waals surface area (Å²) in [5.41, 5.74) is 3.52. The summed E-state index contributed by atoms with van der Waals surface area (Å²) in [4.78, 5) is 9.47. The molecule has 5 heteroatoms. The first-order valence-corrected chi connectivity index (χ1v) is 10.5. The highest BCUT2D eigenvalue weighted by molar-refractivity contribution is 5.78. The molecule has 5 rings (SSSR count). The molecule has 2 aromatic carbocycles. The van der Waals surface area contributed by atoms with Gasteiger partial charge in [-0.05, 0) is 62.2 Å². The Balaban J connectivity index is 1.46. The number of benzene rings is 2. The number of halogens is 1. The fourth-order valence-corrected chi connectivity index (χ4v) is 5.14. The highest BCUT2D eigenvalue weighted by atomic mass is 19.1. The lowest BCUT2D eigenvalue weighted by molar-refractivity contribution is 0.0627. The first-order valence-electron chi connectivity index (χ1n) is 10.5. The molecule has 0 bridgehead atoms. The Morgan fingerprint density at radius 1 is 1.14 bits per heavy atom. The van der Waals surface area contributed by atoms with Gasteiger partial charge in [-0.25, -0.2) is 9.38 Å². The molecule has 29 heavy (non-hydrogen) atoms. The van der Waals surface area contributed by atoms with Crippen LogP contribution in [0.2, 0.25) is 0 Å². The fourth-order valence-electron chi connectivity index (χ4n) is 5.14. The second-order valence-electron chi connectivity index (χ2n) is 8.84. The van der Waals surface area contributed by atoms with Crippen LogP contribution in [-0.2, 0) is 11.2 Å². The summed E-state index contributed by atoms with van der Waals surface area (Å²) in [5, 5.41) is 0. The van der Waals surface area contributed by atoms with Crippen molar-refractivity contribution in [1.29, 1.82) is 0 Å². The Labute approximate surface area is 172 Å². The SMILES string of the molecule is CN(C)[C@@H]1CC[C@]2(CN=C(N3CCc4ccccc4[C@@H]3c3ccc(F)cc3)O2)C1. The number of fused-ring (bicyclic) bond motifs is 1. The fraction of sp³-hybridized carbons (Fsp3) is 0.458. The van der Waals surface area contributed by atoms with Gasteiger partial charge < -0.3 is 14.5 Å². The van der Waals surface area contributed by atoms with Gasteiger partial charge in [0, 0.05) is 19.0 Å². The van der Waals surface area contributed by atoms with Crippen LogP contribution in [0, 0.1) is 5.82 Å². The predicted octanol–water partition coefficient (Wildman–Crippen LogP) is 4.01. The summed E-state index contributed by atoms with van der Waals surface area (Å²) in [5.74, 6) is -0.210. The summed E-state index contributed by atoms with van der Waals surface area (Å²) in [6.45, 7) is 1.59. The van der Waals surface area contributed by atoms with E-state index in [9.17, 15) is 4.39 Å². The first kappa shape index (κ1) is 18.6. The monoisotopic (exact) mass is 393 g/mol. The molecule has 2 aromatic rings. The number of ether oxygens (including phenoxy) is 1. The Hall–Kier alpha value is -2.40. The van der Waals surface area contributed by atoms with Gasteiger partial charge in [0.15, 0.2) is 0 Å². The van der Waals surface area contributed by atoms with Crippen LogP contribution in [0.25, 0.3) is 0 Å².